The number of rotatable bonds is 3. The summed E-state index contributed by atoms with van der Waals surface area (Å²) in [7, 11) is 0. The number of nitrogens with one attached hydrogen (secondary N) is 1. The Bertz CT molecular complexity index is 366. The molecule has 0 aromatic heterocycles. The van der Waals surface area contributed by atoms with Gasteiger partial charge in [0.25, 0.3) is 0 Å². The first-order valence-corrected chi connectivity index (χ1v) is 10.1. The topological polar surface area (TPSA) is 47.3 Å². The van der Waals surface area contributed by atoms with Crippen molar-refractivity contribution in [2.24, 2.45) is 29.5 Å². The van der Waals surface area contributed by atoms with Crippen LogP contribution in [0.25, 0.3) is 0 Å². The minimum absolute atomic E-state index is 0.195. The molecule has 0 aromatic rings. The van der Waals surface area contributed by atoms with Crippen LogP contribution in [0.3, 0.4) is 0 Å². The van der Waals surface area contributed by atoms with Gasteiger partial charge >= 0.3 is 0 Å². The van der Waals surface area contributed by atoms with E-state index in [9.17, 15) is 0 Å². The Morgan fingerprint density at radius 1 is 1.14 bits per heavy atom. The van der Waals surface area contributed by atoms with Crippen LogP contribution < -0.4 is 11.3 Å². The molecule has 4 aliphatic rings. The number of fused-ring (bicyclic) bond motifs is 2. The van der Waals surface area contributed by atoms with Crippen LogP contribution in [-0.4, -0.2) is 29.8 Å². The highest BCUT2D eigenvalue weighted by molar-refractivity contribution is 7.99. The highest BCUT2D eigenvalue weighted by Crippen LogP contribution is 2.52. The number of thioether (sulfide) groups is 1. The quantitative estimate of drug-likeness (QED) is 0.621. The molecule has 1 spiro atoms. The molecule has 2 aliphatic heterocycles. The van der Waals surface area contributed by atoms with Crippen molar-refractivity contribution < 1.29 is 4.74 Å². The number of hydrogen-bond acceptors (Lipinski definition) is 4. The number of nitrogens with two attached hydrogens (primary N) is 1. The highest BCUT2D eigenvalue weighted by Gasteiger charge is 2.48. The summed E-state index contributed by atoms with van der Waals surface area (Å²) in [5, 5.41) is 0. The molecule has 2 saturated heterocycles. The molecule has 4 rings (SSSR count). The van der Waals surface area contributed by atoms with Crippen molar-refractivity contribution in [2.75, 3.05) is 18.1 Å². The third kappa shape index (κ3) is 2.77. The molecule has 2 heterocycles. The van der Waals surface area contributed by atoms with Crippen molar-refractivity contribution in [1.29, 1.82) is 0 Å². The standard InChI is InChI=1S/C17H30N2OS/c18-19-16(15-10-12-1-2-13(15)9-12)14-3-6-20-17(11-14)4-7-21-8-5-17/h12-16,19H,1-11,18H2. The molecule has 21 heavy (non-hydrogen) atoms. The third-order valence-corrected chi connectivity index (χ3v) is 7.88. The van der Waals surface area contributed by atoms with Gasteiger partial charge in [0.15, 0.2) is 0 Å². The molecule has 5 unspecified atom stereocenters. The Hall–Kier alpha value is 0.230. The van der Waals surface area contributed by atoms with Crippen LogP contribution in [0.5, 0.6) is 0 Å². The van der Waals surface area contributed by atoms with Crippen LogP contribution in [-0.2, 0) is 4.74 Å². The largest absolute Gasteiger partial charge is 0.375 e. The van der Waals surface area contributed by atoms with Gasteiger partial charge in [0.1, 0.15) is 0 Å². The van der Waals surface area contributed by atoms with Gasteiger partial charge in [-0.2, -0.15) is 11.8 Å². The lowest BCUT2D eigenvalue weighted by Crippen LogP contribution is -2.53. The molecule has 0 aromatic carbocycles. The van der Waals surface area contributed by atoms with E-state index in [1.165, 1.54) is 62.9 Å². The van der Waals surface area contributed by atoms with Crippen LogP contribution in [0.4, 0.5) is 0 Å². The fraction of sp³-hybridized carbons (Fsp3) is 1.00. The Kier molecular flexibility index (Phi) is 4.25. The van der Waals surface area contributed by atoms with Gasteiger partial charge in [-0.05, 0) is 80.1 Å². The van der Waals surface area contributed by atoms with Gasteiger partial charge in [-0.25, -0.2) is 0 Å². The Morgan fingerprint density at radius 2 is 2.00 bits per heavy atom. The Balaban J connectivity index is 1.46. The van der Waals surface area contributed by atoms with Crippen molar-refractivity contribution >= 4 is 11.8 Å². The fourth-order valence-corrected chi connectivity index (χ4v) is 7.04. The molecule has 0 amide bonds. The minimum atomic E-state index is 0.195. The van der Waals surface area contributed by atoms with Crippen LogP contribution in [0.2, 0.25) is 0 Å². The molecule has 2 aliphatic carbocycles. The van der Waals surface area contributed by atoms with Gasteiger partial charge in [-0.1, -0.05) is 6.42 Å². The van der Waals surface area contributed by atoms with Crippen molar-refractivity contribution in [3.63, 3.8) is 0 Å². The highest BCUT2D eigenvalue weighted by atomic mass is 32.2. The molecular formula is C17H30N2OS. The monoisotopic (exact) mass is 310 g/mol. The van der Waals surface area contributed by atoms with Gasteiger partial charge in [-0.3, -0.25) is 11.3 Å². The number of hydrazine groups is 1. The SMILES string of the molecule is NNC(C1CCOC2(CCSCC2)C1)C1CC2CCC1C2. The van der Waals surface area contributed by atoms with Crippen molar-refractivity contribution in [3.8, 4) is 0 Å². The first-order valence-electron chi connectivity index (χ1n) is 8.97. The van der Waals surface area contributed by atoms with Gasteiger partial charge in [0.05, 0.1) is 5.60 Å². The molecular weight excluding hydrogens is 280 g/mol. The summed E-state index contributed by atoms with van der Waals surface area (Å²) in [4.78, 5) is 0. The zero-order valence-corrected chi connectivity index (χ0v) is 13.9. The first-order chi connectivity index (χ1) is 10.3. The molecule has 4 heteroatoms. The molecule has 2 bridgehead atoms. The van der Waals surface area contributed by atoms with E-state index in [2.05, 4.69) is 17.2 Å². The molecule has 120 valence electrons. The maximum Gasteiger partial charge on any atom is 0.0701 e. The molecule has 3 N–H and O–H groups in total. The Morgan fingerprint density at radius 3 is 2.67 bits per heavy atom. The van der Waals surface area contributed by atoms with E-state index in [4.69, 9.17) is 10.6 Å². The summed E-state index contributed by atoms with van der Waals surface area (Å²) in [6.07, 6.45) is 10.8. The second-order valence-corrected chi connectivity index (χ2v) is 9.15. The Labute approximate surface area is 133 Å². The maximum atomic E-state index is 6.27. The second kappa shape index (κ2) is 6.03. The van der Waals surface area contributed by atoms with Crippen LogP contribution >= 0.6 is 11.8 Å². The van der Waals surface area contributed by atoms with Crippen molar-refractivity contribution in [1.82, 2.24) is 5.43 Å². The van der Waals surface area contributed by atoms with E-state index < -0.39 is 0 Å². The van der Waals surface area contributed by atoms with Crippen LogP contribution in [0.15, 0.2) is 0 Å². The van der Waals surface area contributed by atoms with Crippen molar-refractivity contribution in [3.05, 3.63) is 0 Å². The van der Waals surface area contributed by atoms with E-state index in [0.29, 0.717) is 6.04 Å². The average molecular weight is 311 g/mol. The van der Waals surface area contributed by atoms with E-state index in [-0.39, 0.29) is 5.60 Å². The number of hydrogen-bond donors (Lipinski definition) is 2. The van der Waals surface area contributed by atoms with Crippen molar-refractivity contribution in [2.45, 2.75) is 63.0 Å². The minimum Gasteiger partial charge on any atom is -0.375 e. The second-order valence-electron chi connectivity index (χ2n) is 7.93. The van der Waals surface area contributed by atoms with E-state index >= 15 is 0 Å². The predicted octanol–water partition coefficient (Wildman–Crippen LogP) is 2.95. The summed E-state index contributed by atoms with van der Waals surface area (Å²) in [5.41, 5.74) is 3.46. The predicted molar refractivity (Wildman–Crippen MR) is 88.0 cm³/mol. The number of ether oxygens (including phenoxy) is 1. The summed E-state index contributed by atoms with van der Waals surface area (Å²) >= 11 is 2.09. The van der Waals surface area contributed by atoms with E-state index in [1.807, 2.05) is 0 Å². The third-order valence-electron chi connectivity index (χ3n) is 6.89. The zero-order chi connectivity index (χ0) is 14.3. The normalized spacial score (nSPS) is 43.3. The fourth-order valence-electron chi connectivity index (χ4n) is 5.81. The van der Waals surface area contributed by atoms with Gasteiger partial charge in [-0.15, -0.1) is 0 Å². The van der Waals surface area contributed by atoms with Gasteiger partial charge < -0.3 is 4.74 Å². The lowest BCUT2D eigenvalue weighted by Gasteiger charge is -2.47. The summed E-state index contributed by atoms with van der Waals surface area (Å²) in [6.45, 7) is 0.953. The first kappa shape index (κ1) is 14.8. The molecule has 5 atom stereocenters. The van der Waals surface area contributed by atoms with Gasteiger partial charge in [0, 0.05) is 12.6 Å². The summed E-state index contributed by atoms with van der Waals surface area (Å²) < 4.78 is 6.27. The average Bonchev–Trinajstić information content (AvgIpc) is 3.12. The molecule has 2 saturated carbocycles. The smallest absolute Gasteiger partial charge is 0.0701 e. The summed E-state index contributed by atoms with van der Waals surface area (Å²) in [6, 6.07) is 0.538. The lowest BCUT2D eigenvalue weighted by atomic mass is 9.72. The lowest BCUT2D eigenvalue weighted by molar-refractivity contribution is -0.111. The van der Waals surface area contributed by atoms with Gasteiger partial charge in [0.2, 0.25) is 0 Å². The summed E-state index contributed by atoms with van der Waals surface area (Å²) in [5.74, 6) is 12.1. The van der Waals surface area contributed by atoms with Crippen LogP contribution in [0.1, 0.15) is 51.4 Å². The molecule has 0 radical (unpaired) electrons. The van der Waals surface area contributed by atoms with E-state index in [1.54, 1.807) is 0 Å². The molecule has 4 fully saturated rings. The van der Waals surface area contributed by atoms with E-state index in [0.717, 1.165) is 30.3 Å². The maximum absolute atomic E-state index is 6.27. The zero-order valence-electron chi connectivity index (χ0n) is 13.1. The molecule has 3 nitrogen and oxygen atoms in total. The van der Waals surface area contributed by atoms with Crippen LogP contribution in [0, 0.1) is 23.7 Å².